The lowest BCUT2D eigenvalue weighted by molar-refractivity contribution is -0.116. The first-order chi connectivity index (χ1) is 14.0. The predicted molar refractivity (Wildman–Crippen MR) is 113 cm³/mol. The third-order valence-corrected chi connectivity index (χ3v) is 7.11. The van der Waals surface area contributed by atoms with Gasteiger partial charge in [-0.2, -0.15) is 4.31 Å². The number of nitrogens with zero attached hydrogens (tertiary/aromatic N) is 1. The zero-order chi connectivity index (χ0) is 20.3. The minimum atomic E-state index is -3.52. The molecule has 2 heterocycles. The number of sulfonamides is 1. The quantitative estimate of drug-likeness (QED) is 0.738. The van der Waals surface area contributed by atoms with Crippen LogP contribution in [0, 0.1) is 0 Å². The Morgan fingerprint density at radius 2 is 1.72 bits per heavy atom. The largest absolute Gasteiger partial charge is 0.372 e. The van der Waals surface area contributed by atoms with Crippen LogP contribution in [0.1, 0.15) is 25.4 Å². The normalized spacial score (nSPS) is 22.1. The number of amides is 1. The van der Waals surface area contributed by atoms with Crippen LogP contribution < -0.4 is 5.32 Å². The van der Waals surface area contributed by atoms with E-state index in [1.165, 1.54) is 10.4 Å². The van der Waals surface area contributed by atoms with Gasteiger partial charge in [0.15, 0.2) is 0 Å². The summed E-state index contributed by atoms with van der Waals surface area (Å²) >= 11 is 0. The average molecular weight is 415 g/mol. The number of benzene rings is 2. The van der Waals surface area contributed by atoms with Crippen LogP contribution in [0.15, 0.2) is 65.6 Å². The van der Waals surface area contributed by atoms with E-state index >= 15 is 0 Å². The van der Waals surface area contributed by atoms with Crippen LogP contribution in [-0.2, 0) is 26.1 Å². The molecule has 7 heteroatoms. The maximum Gasteiger partial charge on any atom is 0.244 e. The van der Waals surface area contributed by atoms with E-state index in [0.29, 0.717) is 19.6 Å². The molecule has 0 radical (unpaired) electrons. The highest BCUT2D eigenvalue weighted by atomic mass is 32.2. The summed E-state index contributed by atoms with van der Waals surface area (Å²) in [4.78, 5) is 12.3. The molecule has 2 fully saturated rings. The fourth-order valence-corrected chi connectivity index (χ4v) is 5.19. The summed E-state index contributed by atoms with van der Waals surface area (Å²) in [6.45, 7) is 1.18. The Morgan fingerprint density at radius 1 is 1.07 bits per heavy atom. The van der Waals surface area contributed by atoms with Crippen LogP contribution in [-0.4, -0.2) is 43.9 Å². The Balaban J connectivity index is 0.00000256. The Morgan fingerprint density at radius 3 is 2.38 bits per heavy atom. The Labute approximate surface area is 172 Å². The van der Waals surface area contributed by atoms with Gasteiger partial charge in [-0.25, -0.2) is 8.42 Å². The van der Waals surface area contributed by atoms with Gasteiger partial charge >= 0.3 is 0 Å². The summed E-state index contributed by atoms with van der Waals surface area (Å²) in [5, 5.41) is 2.81. The molecule has 2 aromatic carbocycles. The molecule has 2 unspecified atom stereocenters. The number of nitrogens with one attached hydrogen (secondary N) is 1. The van der Waals surface area contributed by atoms with Crippen LogP contribution in [0.25, 0.3) is 6.08 Å². The molecule has 0 aromatic heterocycles. The summed E-state index contributed by atoms with van der Waals surface area (Å²) in [7, 11) is -3.52. The fraction of sp³-hybridized carbons (Fsp3) is 0.318. The minimum absolute atomic E-state index is 0. The Bertz CT molecular complexity index is 982. The first-order valence-corrected chi connectivity index (χ1v) is 11.2. The van der Waals surface area contributed by atoms with Gasteiger partial charge in [-0.15, -0.1) is 0 Å². The van der Waals surface area contributed by atoms with Gasteiger partial charge in [0, 0.05) is 27.1 Å². The predicted octanol–water partition coefficient (Wildman–Crippen LogP) is 2.81. The lowest BCUT2D eigenvalue weighted by atomic mass is 10.2. The van der Waals surface area contributed by atoms with E-state index in [1.54, 1.807) is 30.3 Å². The number of hydrogen-bond donors (Lipinski definition) is 1. The summed E-state index contributed by atoms with van der Waals surface area (Å²) in [6.07, 6.45) is 5.12. The van der Waals surface area contributed by atoms with Crippen molar-refractivity contribution < 1.29 is 19.4 Å². The molecule has 2 aliphatic rings. The van der Waals surface area contributed by atoms with Gasteiger partial charge in [0.1, 0.15) is 0 Å². The zero-order valence-corrected chi connectivity index (χ0v) is 16.8. The molecule has 2 aliphatic heterocycles. The van der Waals surface area contributed by atoms with Crippen molar-refractivity contribution in [2.45, 2.75) is 36.5 Å². The van der Waals surface area contributed by atoms with Gasteiger partial charge < -0.3 is 10.1 Å². The fourth-order valence-electron chi connectivity index (χ4n) is 3.69. The summed E-state index contributed by atoms with van der Waals surface area (Å²) < 4.78 is 33.0. The maximum atomic E-state index is 12.9. The van der Waals surface area contributed by atoms with Gasteiger partial charge in [-0.1, -0.05) is 42.5 Å². The molecular weight excluding hydrogens is 388 g/mol. The van der Waals surface area contributed by atoms with Crippen LogP contribution in [0.5, 0.6) is 0 Å². The molecule has 29 heavy (non-hydrogen) atoms. The Kier molecular flexibility index (Phi) is 5.80. The molecule has 1 amide bonds. The van der Waals surface area contributed by atoms with Crippen molar-refractivity contribution in [3.05, 3.63) is 71.8 Å². The highest BCUT2D eigenvalue weighted by Crippen LogP contribution is 2.29. The first-order valence-electron chi connectivity index (χ1n) is 9.76. The van der Waals surface area contributed by atoms with Crippen LogP contribution >= 0.6 is 0 Å². The molecule has 2 saturated heterocycles. The van der Waals surface area contributed by atoms with Crippen molar-refractivity contribution in [1.29, 1.82) is 0 Å². The highest BCUT2D eigenvalue weighted by Gasteiger charge is 2.39. The van der Waals surface area contributed by atoms with E-state index in [-0.39, 0.29) is 24.4 Å². The van der Waals surface area contributed by atoms with Gasteiger partial charge in [-0.05, 0) is 42.2 Å². The number of rotatable bonds is 6. The van der Waals surface area contributed by atoms with E-state index in [9.17, 15) is 13.2 Å². The van der Waals surface area contributed by atoms with Crippen molar-refractivity contribution in [2.75, 3.05) is 13.1 Å². The molecule has 0 saturated carbocycles. The van der Waals surface area contributed by atoms with Gasteiger partial charge in [0.2, 0.25) is 15.9 Å². The van der Waals surface area contributed by atoms with Crippen LogP contribution in [0.4, 0.5) is 0 Å². The third kappa shape index (κ3) is 4.75. The van der Waals surface area contributed by atoms with E-state index in [1.807, 2.05) is 30.3 Å². The zero-order valence-electron chi connectivity index (χ0n) is 16.0. The molecule has 4 rings (SSSR count). The van der Waals surface area contributed by atoms with Crippen molar-refractivity contribution >= 4 is 22.0 Å². The number of carbonyl (C=O) groups excluding carboxylic acids is 1. The molecule has 2 atom stereocenters. The standard InChI is InChI=1S/C22H24N2O4S.H2/c25-22(13-8-17-4-2-1-3-5-17)23-14-18-6-11-21(12-7-18)29(26,27)24-15-19-9-10-20(16-24)28-19;/h1-8,11-13,19-20H,9-10,14-16H2,(H,23,25);1H/b13-8+;. The molecule has 2 bridgehead atoms. The second kappa shape index (κ2) is 8.49. The van der Waals surface area contributed by atoms with Gasteiger partial charge in [0.25, 0.3) is 0 Å². The van der Waals surface area contributed by atoms with Crippen molar-refractivity contribution in [1.82, 2.24) is 9.62 Å². The van der Waals surface area contributed by atoms with Gasteiger partial charge in [0.05, 0.1) is 17.1 Å². The van der Waals surface area contributed by atoms with E-state index in [2.05, 4.69) is 5.32 Å². The molecule has 1 N–H and O–H groups in total. The van der Waals surface area contributed by atoms with Crippen LogP contribution in [0.2, 0.25) is 0 Å². The first kappa shape index (κ1) is 19.8. The lowest BCUT2D eigenvalue weighted by Crippen LogP contribution is -2.45. The van der Waals surface area contributed by atoms with Crippen LogP contribution in [0.3, 0.4) is 0 Å². The number of ether oxygens (including phenoxy) is 1. The maximum absolute atomic E-state index is 12.9. The van der Waals surface area contributed by atoms with Gasteiger partial charge in [-0.3, -0.25) is 4.79 Å². The number of carbonyl (C=O) groups is 1. The second-order valence-electron chi connectivity index (χ2n) is 7.39. The van der Waals surface area contributed by atoms with E-state index in [4.69, 9.17) is 4.74 Å². The monoisotopic (exact) mass is 414 g/mol. The topological polar surface area (TPSA) is 75.7 Å². The van der Waals surface area contributed by atoms with Crippen molar-refractivity contribution in [3.63, 3.8) is 0 Å². The SMILES string of the molecule is O=C(/C=C/c1ccccc1)NCc1ccc(S(=O)(=O)N2CC3CCC(C2)O3)cc1.[HH]. The lowest BCUT2D eigenvalue weighted by Gasteiger charge is -2.31. The summed E-state index contributed by atoms with van der Waals surface area (Å²) in [6, 6.07) is 16.3. The van der Waals surface area contributed by atoms with E-state index in [0.717, 1.165) is 24.0 Å². The van der Waals surface area contributed by atoms with Crippen molar-refractivity contribution in [3.8, 4) is 0 Å². The number of morpholine rings is 1. The molecule has 0 spiro atoms. The molecule has 6 nitrogen and oxygen atoms in total. The molecule has 0 aliphatic carbocycles. The second-order valence-corrected chi connectivity index (χ2v) is 9.32. The smallest absolute Gasteiger partial charge is 0.244 e. The van der Waals surface area contributed by atoms with E-state index < -0.39 is 10.0 Å². The summed E-state index contributed by atoms with van der Waals surface area (Å²) in [5.41, 5.74) is 1.79. The number of fused-ring (bicyclic) bond motifs is 2. The molecule has 2 aromatic rings. The Hall–Kier alpha value is -2.48. The third-order valence-electron chi connectivity index (χ3n) is 5.26. The molecular formula is C22H26N2O4S. The average Bonchev–Trinajstić information content (AvgIpc) is 3.09. The summed E-state index contributed by atoms with van der Waals surface area (Å²) in [5.74, 6) is -0.200. The minimum Gasteiger partial charge on any atom is -0.372 e. The molecule has 154 valence electrons. The highest BCUT2D eigenvalue weighted by molar-refractivity contribution is 7.89. The number of hydrogen-bond acceptors (Lipinski definition) is 4. The van der Waals surface area contributed by atoms with Crippen molar-refractivity contribution in [2.24, 2.45) is 0 Å².